The molecule has 0 spiro atoms. The number of rotatable bonds is 6. The highest BCUT2D eigenvalue weighted by Gasteiger charge is 2.23. The fourth-order valence-electron chi connectivity index (χ4n) is 1.96. The Kier molecular flexibility index (Phi) is 5.19. The third kappa shape index (κ3) is 3.60. The first-order chi connectivity index (χ1) is 11.1. The standard InChI is InChI=1S/C15H15N3O5/c1-3-22-14(19)11-9-16-15(23-4-2)17-13(11)10-7-5-6-8-12(10)18(20)21/h5-9H,3-4H2,1-2H3. The molecular weight excluding hydrogens is 302 g/mol. The predicted octanol–water partition coefficient (Wildman–Crippen LogP) is 2.63. The van der Waals surface area contributed by atoms with Gasteiger partial charge in [-0.2, -0.15) is 4.98 Å². The Labute approximate surface area is 132 Å². The molecule has 8 heteroatoms. The summed E-state index contributed by atoms with van der Waals surface area (Å²) < 4.78 is 10.2. The van der Waals surface area contributed by atoms with Gasteiger partial charge in [-0.15, -0.1) is 0 Å². The van der Waals surface area contributed by atoms with Gasteiger partial charge in [-0.25, -0.2) is 9.78 Å². The molecule has 0 unspecified atom stereocenters. The molecule has 0 radical (unpaired) electrons. The number of carbonyl (C=O) groups excluding carboxylic acids is 1. The number of carbonyl (C=O) groups is 1. The summed E-state index contributed by atoms with van der Waals surface area (Å²) >= 11 is 0. The summed E-state index contributed by atoms with van der Waals surface area (Å²) in [6.45, 7) is 3.92. The van der Waals surface area contributed by atoms with Crippen LogP contribution in [0.25, 0.3) is 11.3 Å². The Morgan fingerprint density at radius 1 is 1.26 bits per heavy atom. The van der Waals surface area contributed by atoms with E-state index in [2.05, 4.69) is 9.97 Å². The number of hydrogen-bond donors (Lipinski definition) is 0. The van der Waals surface area contributed by atoms with E-state index in [1.54, 1.807) is 19.9 Å². The molecule has 1 aromatic carbocycles. The van der Waals surface area contributed by atoms with Crippen LogP contribution in [-0.4, -0.2) is 34.1 Å². The summed E-state index contributed by atoms with van der Waals surface area (Å²) in [5.74, 6) is -0.649. The Morgan fingerprint density at radius 3 is 2.65 bits per heavy atom. The lowest BCUT2D eigenvalue weighted by atomic mass is 10.1. The predicted molar refractivity (Wildman–Crippen MR) is 81.2 cm³/mol. The molecule has 2 aromatic rings. The van der Waals surface area contributed by atoms with Gasteiger partial charge in [0.05, 0.1) is 29.4 Å². The van der Waals surface area contributed by atoms with E-state index in [0.717, 1.165) is 0 Å². The number of hydrogen-bond acceptors (Lipinski definition) is 7. The lowest BCUT2D eigenvalue weighted by Crippen LogP contribution is -2.10. The minimum absolute atomic E-state index is 0.0358. The van der Waals surface area contributed by atoms with Crippen LogP contribution in [0.2, 0.25) is 0 Å². The van der Waals surface area contributed by atoms with Crippen molar-refractivity contribution >= 4 is 11.7 Å². The normalized spacial score (nSPS) is 10.2. The molecule has 0 aliphatic heterocycles. The Hall–Kier alpha value is -3.03. The number of nitro benzene ring substituents is 1. The van der Waals surface area contributed by atoms with Gasteiger partial charge in [-0.05, 0) is 19.9 Å². The monoisotopic (exact) mass is 317 g/mol. The minimum Gasteiger partial charge on any atom is -0.464 e. The SMILES string of the molecule is CCOC(=O)c1cnc(OCC)nc1-c1ccccc1[N+](=O)[O-]. The molecule has 0 atom stereocenters. The number of nitro groups is 1. The number of nitrogens with zero attached hydrogens (tertiary/aromatic N) is 3. The van der Waals surface area contributed by atoms with Crippen molar-refractivity contribution in [2.75, 3.05) is 13.2 Å². The Bertz CT molecular complexity index is 733. The van der Waals surface area contributed by atoms with E-state index in [1.165, 1.54) is 24.4 Å². The molecule has 0 aliphatic rings. The summed E-state index contributed by atoms with van der Waals surface area (Å²) in [6.07, 6.45) is 1.25. The highest BCUT2D eigenvalue weighted by Crippen LogP contribution is 2.31. The molecule has 0 amide bonds. The fraction of sp³-hybridized carbons (Fsp3) is 0.267. The van der Waals surface area contributed by atoms with E-state index in [9.17, 15) is 14.9 Å². The van der Waals surface area contributed by atoms with Crippen LogP contribution in [0.5, 0.6) is 6.01 Å². The molecule has 1 aromatic heterocycles. The Balaban J connectivity index is 2.64. The molecular formula is C15H15N3O5. The first-order valence-electron chi connectivity index (χ1n) is 6.99. The summed E-state index contributed by atoms with van der Waals surface area (Å²) in [6, 6.07) is 6.05. The maximum atomic E-state index is 12.1. The maximum absolute atomic E-state index is 12.1. The second kappa shape index (κ2) is 7.30. The summed E-state index contributed by atoms with van der Waals surface area (Å²) in [4.78, 5) is 30.8. The third-order valence-corrected chi connectivity index (χ3v) is 2.89. The first kappa shape index (κ1) is 16.3. The van der Waals surface area contributed by atoms with Gasteiger partial charge in [0.25, 0.3) is 5.69 Å². The molecule has 2 rings (SSSR count). The zero-order valence-corrected chi connectivity index (χ0v) is 12.7. The summed E-state index contributed by atoms with van der Waals surface area (Å²) in [5, 5.41) is 11.2. The number of esters is 1. The number of aromatic nitrogens is 2. The van der Waals surface area contributed by atoms with E-state index in [-0.39, 0.29) is 35.1 Å². The second-order valence-electron chi connectivity index (χ2n) is 4.34. The smallest absolute Gasteiger partial charge is 0.341 e. The van der Waals surface area contributed by atoms with Crippen molar-refractivity contribution in [2.45, 2.75) is 13.8 Å². The van der Waals surface area contributed by atoms with Gasteiger partial charge in [0.15, 0.2) is 0 Å². The van der Waals surface area contributed by atoms with Gasteiger partial charge < -0.3 is 9.47 Å². The van der Waals surface area contributed by atoms with Crippen LogP contribution in [0.1, 0.15) is 24.2 Å². The van der Waals surface area contributed by atoms with Crippen LogP contribution in [0.15, 0.2) is 30.5 Å². The molecule has 0 aliphatic carbocycles. The van der Waals surface area contributed by atoms with Crippen LogP contribution in [0, 0.1) is 10.1 Å². The van der Waals surface area contributed by atoms with Crippen molar-refractivity contribution in [3.63, 3.8) is 0 Å². The zero-order chi connectivity index (χ0) is 16.8. The largest absolute Gasteiger partial charge is 0.464 e. The molecule has 120 valence electrons. The van der Waals surface area contributed by atoms with E-state index in [0.29, 0.717) is 6.61 Å². The zero-order valence-electron chi connectivity index (χ0n) is 12.7. The molecule has 0 bridgehead atoms. The van der Waals surface area contributed by atoms with Crippen LogP contribution in [0.3, 0.4) is 0 Å². The first-order valence-corrected chi connectivity index (χ1v) is 6.99. The van der Waals surface area contributed by atoms with Gasteiger partial charge >= 0.3 is 12.0 Å². The van der Waals surface area contributed by atoms with Crippen LogP contribution < -0.4 is 4.74 Å². The fourth-order valence-corrected chi connectivity index (χ4v) is 1.96. The average Bonchev–Trinajstić information content (AvgIpc) is 2.55. The maximum Gasteiger partial charge on any atom is 0.341 e. The average molecular weight is 317 g/mol. The quantitative estimate of drug-likeness (QED) is 0.458. The molecule has 8 nitrogen and oxygen atoms in total. The molecule has 0 fully saturated rings. The van der Waals surface area contributed by atoms with E-state index < -0.39 is 10.9 Å². The lowest BCUT2D eigenvalue weighted by Gasteiger charge is -2.10. The van der Waals surface area contributed by atoms with Crippen molar-refractivity contribution in [1.82, 2.24) is 9.97 Å². The number of benzene rings is 1. The highest BCUT2D eigenvalue weighted by atomic mass is 16.6. The van der Waals surface area contributed by atoms with Crippen LogP contribution in [0.4, 0.5) is 5.69 Å². The number of ether oxygens (including phenoxy) is 2. The van der Waals surface area contributed by atoms with Gasteiger partial charge in [-0.1, -0.05) is 12.1 Å². The molecule has 0 saturated heterocycles. The summed E-state index contributed by atoms with van der Waals surface area (Å²) in [5.41, 5.74) is 0.182. The van der Waals surface area contributed by atoms with E-state index in [4.69, 9.17) is 9.47 Å². The minimum atomic E-state index is -0.649. The second-order valence-corrected chi connectivity index (χ2v) is 4.34. The van der Waals surface area contributed by atoms with E-state index >= 15 is 0 Å². The van der Waals surface area contributed by atoms with Crippen LogP contribution >= 0.6 is 0 Å². The van der Waals surface area contributed by atoms with Crippen molar-refractivity contribution in [1.29, 1.82) is 0 Å². The molecule has 0 N–H and O–H groups in total. The molecule has 1 heterocycles. The van der Waals surface area contributed by atoms with Crippen molar-refractivity contribution in [2.24, 2.45) is 0 Å². The van der Waals surface area contributed by atoms with Crippen molar-refractivity contribution < 1.29 is 19.2 Å². The van der Waals surface area contributed by atoms with Crippen molar-refractivity contribution in [3.05, 3.63) is 46.1 Å². The van der Waals surface area contributed by atoms with Gasteiger partial charge in [0.1, 0.15) is 5.56 Å². The summed E-state index contributed by atoms with van der Waals surface area (Å²) in [7, 11) is 0. The Morgan fingerprint density at radius 2 is 2.00 bits per heavy atom. The van der Waals surface area contributed by atoms with Gasteiger partial charge in [0, 0.05) is 12.3 Å². The van der Waals surface area contributed by atoms with Crippen molar-refractivity contribution in [3.8, 4) is 17.3 Å². The molecule has 23 heavy (non-hydrogen) atoms. The highest BCUT2D eigenvalue weighted by molar-refractivity contribution is 5.97. The van der Waals surface area contributed by atoms with Crippen LogP contribution in [-0.2, 0) is 4.74 Å². The lowest BCUT2D eigenvalue weighted by molar-refractivity contribution is -0.384. The molecule has 0 saturated carbocycles. The van der Waals surface area contributed by atoms with E-state index in [1.807, 2.05) is 0 Å². The van der Waals surface area contributed by atoms with Gasteiger partial charge in [0.2, 0.25) is 0 Å². The topological polar surface area (TPSA) is 104 Å². The third-order valence-electron chi connectivity index (χ3n) is 2.89. The van der Waals surface area contributed by atoms with Gasteiger partial charge in [-0.3, -0.25) is 10.1 Å². The number of para-hydroxylation sites is 1.